The number of nitrogens with zero attached hydrogens (tertiary/aromatic N) is 1. The van der Waals surface area contributed by atoms with Crippen LogP contribution >= 0.6 is 15.9 Å². The number of benzene rings is 2. The van der Waals surface area contributed by atoms with Crippen molar-refractivity contribution < 1.29 is 24.4 Å². The topological polar surface area (TPSA) is 141 Å². The number of carbonyl (C=O) groups is 3. The highest BCUT2D eigenvalue weighted by Crippen LogP contribution is 2.18. The number of aliphatic carboxylic acids is 1. The Morgan fingerprint density at radius 3 is 2.48 bits per heavy atom. The number of rotatable bonds is 8. The van der Waals surface area contributed by atoms with Gasteiger partial charge in [-0.15, -0.1) is 0 Å². The molecule has 0 radical (unpaired) electrons. The highest BCUT2D eigenvalue weighted by Gasteiger charge is 2.16. The third-order valence-corrected chi connectivity index (χ3v) is 4.31. The smallest absolute Gasteiger partial charge is 0.270 e. The standard InChI is InChI=1S/C19H16BrN3O6/c20-15-7-2-1-6-14(15)18(26)22-16(19(27)21-9-8-17(24)25)11-12-4-3-5-13(10-12)23(28)29/h1-7,10-11H,8-9H2,(H,21,27)(H,22,26)(H,24,25)/p-1/b16-11+. The van der Waals surface area contributed by atoms with E-state index in [-0.39, 0.29) is 23.5 Å². The lowest BCUT2D eigenvalue weighted by molar-refractivity contribution is -0.384. The van der Waals surface area contributed by atoms with Gasteiger partial charge in [-0.05, 0) is 39.7 Å². The van der Waals surface area contributed by atoms with E-state index in [1.54, 1.807) is 24.3 Å². The van der Waals surface area contributed by atoms with E-state index in [1.807, 2.05) is 0 Å². The minimum absolute atomic E-state index is 0.187. The lowest BCUT2D eigenvalue weighted by atomic mass is 10.1. The molecule has 0 spiro atoms. The van der Waals surface area contributed by atoms with Gasteiger partial charge in [-0.1, -0.05) is 24.3 Å². The number of hydrogen-bond acceptors (Lipinski definition) is 6. The summed E-state index contributed by atoms with van der Waals surface area (Å²) in [4.78, 5) is 45.9. The predicted molar refractivity (Wildman–Crippen MR) is 105 cm³/mol. The number of hydrogen-bond donors (Lipinski definition) is 2. The minimum atomic E-state index is -1.34. The Kier molecular flexibility index (Phi) is 7.61. The van der Waals surface area contributed by atoms with E-state index < -0.39 is 29.1 Å². The Bertz CT molecular complexity index is 989. The summed E-state index contributed by atoms with van der Waals surface area (Å²) in [7, 11) is 0. The molecule has 0 unspecified atom stereocenters. The van der Waals surface area contributed by atoms with E-state index in [1.165, 1.54) is 30.3 Å². The Morgan fingerprint density at radius 1 is 1.10 bits per heavy atom. The maximum Gasteiger partial charge on any atom is 0.270 e. The number of carboxylic acid groups (broad SMARTS) is 1. The van der Waals surface area contributed by atoms with Crippen LogP contribution in [0.2, 0.25) is 0 Å². The molecule has 2 rings (SSSR count). The zero-order valence-electron chi connectivity index (χ0n) is 14.9. The second kappa shape index (κ2) is 10.1. The van der Waals surface area contributed by atoms with Crippen LogP contribution in [-0.4, -0.2) is 29.3 Å². The summed E-state index contributed by atoms with van der Waals surface area (Å²) >= 11 is 3.25. The molecule has 9 nitrogen and oxygen atoms in total. The predicted octanol–water partition coefficient (Wildman–Crippen LogP) is 1.38. The summed E-state index contributed by atoms with van der Waals surface area (Å²) in [6.07, 6.45) is 0.851. The maximum absolute atomic E-state index is 12.6. The molecule has 0 aromatic heterocycles. The number of carboxylic acids is 1. The second-order valence-corrected chi connectivity index (χ2v) is 6.58. The van der Waals surface area contributed by atoms with Crippen molar-refractivity contribution >= 4 is 45.5 Å². The zero-order chi connectivity index (χ0) is 21.4. The fourth-order valence-corrected chi connectivity index (χ4v) is 2.73. The molecule has 0 saturated heterocycles. The highest BCUT2D eigenvalue weighted by atomic mass is 79.9. The fourth-order valence-electron chi connectivity index (χ4n) is 2.26. The van der Waals surface area contributed by atoms with Crippen molar-refractivity contribution in [2.45, 2.75) is 6.42 Å². The Balaban J connectivity index is 2.32. The van der Waals surface area contributed by atoms with Gasteiger partial charge in [0.1, 0.15) is 5.70 Å². The van der Waals surface area contributed by atoms with E-state index in [0.717, 1.165) is 0 Å². The molecule has 29 heavy (non-hydrogen) atoms. The number of nitrogens with one attached hydrogen (secondary N) is 2. The van der Waals surface area contributed by atoms with Crippen LogP contribution < -0.4 is 15.7 Å². The first-order valence-electron chi connectivity index (χ1n) is 8.28. The third kappa shape index (κ3) is 6.54. The number of halogens is 1. The van der Waals surface area contributed by atoms with E-state index >= 15 is 0 Å². The molecular formula is C19H15BrN3O6-. The van der Waals surface area contributed by atoms with Crippen molar-refractivity contribution in [3.05, 3.63) is 79.9 Å². The minimum Gasteiger partial charge on any atom is -0.550 e. The van der Waals surface area contributed by atoms with Crippen LogP contribution in [0.25, 0.3) is 6.08 Å². The van der Waals surface area contributed by atoms with E-state index in [4.69, 9.17) is 0 Å². The molecule has 2 N–H and O–H groups in total. The molecule has 10 heteroatoms. The monoisotopic (exact) mass is 460 g/mol. The summed E-state index contributed by atoms with van der Waals surface area (Å²) < 4.78 is 0.504. The van der Waals surface area contributed by atoms with Crippen molar-refractivity contribution in [2.75, 3.05) is 6.54 Å². The average molecular weight is 461 g/mol. The van der Waals surface area contributed by atoms with Crippen molar-refractivity contribution in [1.29, 1.82) is 0 Å². The summed E-state index contributed by atoms with van der Waals surface area (Å²) in [6, 6.07) is 12.0. The normalized spacial score (nSPS) is 10.9. The van der Waals surface area contributed by atoms with Crippen molar-refractivity contribution in [3.8, 4) is 0 Å². The number of nitro benzene ring substituents is 1. The van der Waals surface area contributed by atoms with Gasteiger partial charge in [0.05, 0.1) is 10.5 Å². The van der Waals surface area contributed by atoms with Gasteiger partial charge in [0, 0.05) is 35.5 Å². The van der Waals surface area contributed by atoms with Gasteiger partial charge >= 0.3 is 0 Å². The molecule has 2 aromatic carbocycles. The molecule has 0 atom stereocenters. The van der Waals surface area contributed by atoms with Gasteiger partial charge in [0.15, 0.2) is 0 Å². The van der Waals surface area contributed by atoms with Crippen LogP contribution in [-0.2, 0) is 9.59 Å². The van der Waals surface area contributed by atoms with E-state index in [2.05, 4.69) is 26.6 Å². The summed E-state index contributed by atoms with van der Waals surface area (Å²) in [5.41, 5.74) is 0.175. The van der Waals surface area contributed by atoms with Crippen molar-refractivity contribution in [3.63, 3.8) is 0 Å². The molecule has 0 bridgehead atoms. The molecule has 150 valence electrons. The molecule has 0 aliphatic rings. The van der Waals surface area contributed by atoms with Crippen LogP contribution in [0.1, 0.15) is 22.3 Å². The number of amides is 2. The largest absolute Gasteiger partial charge is 0.550 e. The van der Waals surface area contributed by atoms with Gasteiger partial charge in [0.25, 0.3) is 17.5 Å². The molecule has 2 amide bonds. The quantitative estimate of drug-likeness (QED) is 0.346. The van der Waals surface area contributed by atoms with Gasteiger partial charge in [-0.3, -0.25) is 19.7 Å². The van der Waals surface area contributed by atoms with Crippen LogP contribution in [0.4, 0.5) is 5.69 Å². The first-order chi connectivity index (χ1) is 13.8. The first kappa shape index (κ1) is 21.8. The highest BCUT2D eigenvalue weighted by molar-refractivity contribution is 9.10. The number of non-ortho nitro benzene ring substituents is 1. The Morgan fingerprint density at radius 2 is 1.83 bits per heavy atom. The zero-order valence-corrected chi connectivity index (χ0v) is 16.5. The molecule has 0 aliphatic carbocycles. The van der Waals surface area contributed by atoms with Crippen LogP contribution in [0.5, 0.6) is 0 Å². The summed E-state index contributed by atoms with van der Waals surface area (Å²) in [6.45, 7) is -0.210. The van der Waals surface area contributed by atoms with Gasteiger partial charge in [-0.25, -0.2) is 0 Å². The number of carbonyl (C=O) groups excluding carboxylic acids is 3. The van der Waals surface area contributed by atoms with Gasteiger partial charge < -0.3 is 20.5 Å². The lowest BCUT2D eigenvalue weighted by Gasteiger charge is -2.12. The molecule has 0 saturated carbocycles. The lowest BCUT2D eigenvalue weighted by Crippen LogP contribution is -2.37. The van der Waals surface area contributed by atoms with Crippen LogP contribution in [0.3, 0.4) is 0 Å². The summed E-state index contributed by atoms with van der Waals surface area (Å²) in [5, 5.41) is 26.3. The van der Waals surface area contributed by atoms with Crippen molar-refractivity contribution in [2.24, 2.45) is 0 Å². The van der Waals surface area contributed by atoms with Crippen LogP contribution in [0, 0.1) is 10.1 Å². The summed E-state index contributed by atoms with van der Waals surface area (Å²) in [5.74, 6) is -2.69. The van der Waals surface area contributed by atoms with Crippen LogP contribution in [0.15, 0.2) is 58.7 Å². The van der Waals surface area contributed by atoms with Gasteiger partial charge in [0.2, 0.25) is 0 Å². The average Bonchev–Trinajstić information content (AvgIpc) is 2.67. The molecular weight excluding hydrogens is 446 g/mol. The molecule has 0 aliphatic heterocycles. The van der Waals surface area contributed by atoms with Gasteiger partial charge in [-0.2, -0.15) is 0 Å². The maximum atomic E-state index is 12.6. The Labute approximate surface area is 173 Å². The SMILES string of the molecule is O=C([O-])CCNC(=O)/C(=C\c1cccc([N+](=O)[O-])c1)NC(=O)c1ccccc1Br. The fraction of sp³-hybridized carbons (Fsp3) is 0.105. The number of nitro groups is 1. The van der Waals surface area contributed by atoms with Crippen molar-refractivity contribution in [1.82, 2.24) is 10.6 Å². The molecule has 0 heterocycles. The van der Waals surface area contributed by atoms with E-state index in [9.17, 15) is 29.6 Å². The molecule has 0 fully saturated rings. The second-order valence-electron chi connectivity index (χ2n) is 5.72. The third-order valence-electron chi connectivity index (χ3n) is 3.62. The van der Waals surface area contributed by atoms with E-state index in [0.29, 0.717) is 10.0 Å². The Hall–Kier alpha value is -3.53. The molecule has 2 aromatic rings. The first-order valence-corrected chi connectivity index (χ1v) is 9.07.